The van der Waals surface area contributed by atoms with Crippen molar-refractivity contribution in [2.45, 2.75) is 46.8 Å². The lowest BCUT2D eigenvalue weighted by atomic mass is 10.1. The van der Waals surface area contributed by atoms with E-state index in [4.69, 9.17) is 21.1 Å². The topological polar surface area (TPSA) is 86.5 Å². The zero-order valence-electron chi connectivity index (χ0n) is 19.1. The Morgan fingerprint density at radius 1 is 1.16 bits per heavy atom. The van der Waals surface area contributed by atoms with Gasteiger partial charge in [-0.1, -0.05) is 17.7 Å². The molecule has 0 spiro atoms. The van der Waals surface area contributed by atoms with Crippen LogP contribution in [0.3, 0.4) is 0 Å². The van der Waals surface area contributed by atoms with E-state index in [1.165, 1.54) is 12.0 Å². The van der Waals surface area contributed by atoms with Gasteiger partial charge in [0.15, 0.2) is 11.3 Å². The molecule has 3 aromatic rings. The van der Waals surface area contributed by atoms with Crippen LogP contribution in [0.25, 0.3) is 11.2 Å². The maximum atomic E-state index is 12.5. The van der Waals surface area contributed by atoms with Crippen molar-refractivity contribution in [3.63, 3.8) is 0 Å². The summed E-state index contributed by atoms with van der Waals surface area (Å²) in [5.74, 6) is 0.224. The predicted molar refractivity (Wildman–Crippen MR) is 123 cm³/mol. The molecule has 2 aromatic heterocycles. The number of carbonyl (C=O) groups excluding carboxylic acids is 2. The predicted octanol–water partition coefficient (Wildman–Crippen LogP) is 4.99. The fourth-order valence-corrected chi connectivity index (χ4v) is 3.51. The number of imidazole rings is 1. The fraction of sp³-hybridized carbons (Fsp3) is 0.391. The maximum Gasteiger partial charge on any atom is 0.414 e. The number of ether oxygens (including phenoxy) is 2. The number of benzene rings is 1. The first-order valence-corrected chi connectivity index (χ1v) is 10.6. The lowest BCUT2D eigenvalue weighted by molar-refractivity contribution is 0.0577. The second kappa shape index (κ2) is 9.16. The van der Waals surface area contributed by atoms with Gasteiger partial charge in [0.25, 0.3) is 0 Å². The molecule has 8 nitrogen and oxygen atoms in total. The Bertz CT molecular complexity index is 1170. The number of anilines is 1. The Hall–Kier alpha value is -3.13. The Balaban J connectivity index is 1.89. The summed E-state index contributed by atoms with van der Waals surface area (Å²) in [5.41, 5.74) is 2.37. The lowest BCUT2D eigenvalue weighted by Gasteiger charge is -2.27. The zero-order chi connectivity index (χ0) is 23.6. The van der Waals surface area contributed by atoms with Crippen LogP contribution in [0, 0.1) is 6.92 Å². The second-order valence-electron chi connectivity index (χ2n) is 8.28. The van der Waals surface area contributed by atoms with Crippen LogP contribution in [0.5, 0.6) is 0 Å². The third-order valence-corrected chi connectivity index (χ3v) is 5.16. The SMILES string of the molecule is CCN(C(=O)OC(C)(C)C)c1ccc(Cn2c(C)nc3nc(C(=O)OC)ccc32)c(Cl)c1. The summed E-state index contributed by atoms with van der Waals surface area (Å²) in [6.45, 7) is 10.1. The highest BCUT2D eigenvalue weighted by Crippen LogP contribution is 2.27. The Morgan fingerprint density at radius 3 is 2.47 bits per heavy atom. The summed E-state index contributed by atoms with van der Waals surface area (Å²) < 4.78 is 12.2. The zero-order valence-corrected chi connectivity index (χ0v) is 19.9. The van der Waals surface area contributed by atoms with Crippen molar-refractivity contribution in [3.05, 3.63) is 52.4 Å². The summed E-state index contributed by atoms with van der Waals surface area (Å²) in [7, 11) is 1.31. The highest BCUT2D eigenvalue weighted by Gasteiger charge is 2.23. The van der Waals surface area contributed by atoms with E-state index in [2.05, 4.69) is 9.97 Å². The number of aryl methyl sites for hydroxylation is 1. The molecule has 0 aliphatic heterocycles. The van der Waals surface area contributed by atoms with Crippen molar-refractivity contribution in [2.75, 3.05) is 18.6 Å². The van der Waals surface area contributed by atoms with Crippen LogP contribution >= 0.6 is 11.6 Å². The molecule has 0 atom stereocenters. The molecule has 2 heterocycles. The van der Waals surface area contributed by atoms with Gasteiger partial charge in [-0.15, -0.1) is 0 Å². The summed E-state index contributed by atoms with van der Waals surface area (Å²) >= 11 is 6.58. The smallest absolute Gasteiger partial charge is 0.414 e. The molecule has 0 aliphatic carbocycles. The van der Waals surface area contributed by atoms with Crippen LogP contribution in [0.15, 0.2) is 30.3 Å². The molecule has 1 amide bonds. The molecule has 170 valence electrons. The van der Waals surface area contributed by atoms with Crippen molar-refractivity contribution in [2.24, 2.45) is 0 Å². The standard InChI is InChI=1S/C23H27ClN4O4/c1-7-27(22(30)32-23(3,4)5)16-9-8-15(17(24)12-16)13-28-14(2)25-20-19(28)11-10-18(26-20)21(29)31-6/h8-12H,7,13H2,1-6H3. The number of amides is 1. The number of halogens is 1. The van der Waals surface area contributed by atoms with Crippen LogP contribution in [-0.2, 0) is 16.0 Å². The molecule has 0 saturated heterocycles. The minimum atomic E-state index is -0.587. The number of pyridine rings is 1. The largest absolute Gasteiger partial charge is 0.464 e. The number of hydrogen-bond acceptors (Lipinski definition) is 6. The molecule has 9 heteroatoms. The van der Waals surface area contributed by atoms with Crippen LogP contribution < -0.4 is 4.90 Å². The van der Waals surface area contributed by atoms with E-state index < -0.39 is 17.7 Å². The normalized spacial score (nSPS) is 11.5. The molecule has 1 aromatic carbocycles. The summed E-state index contributed by atoms with van der Waals surface area (Å²) in [4.78, 5) is 34.6. The van der Waals surface area contributed by atoms with Gasteiger partial charge in [0.2, 0.25) is 0 Å². The first-order valence-electron chi connectivity index (χ1n) is 10.2. The number of methoxy groups -OCH3 is 1. The average Bonchev–Trinajstić information content (AvgIpc) is 3.02. The van der Waals surface area contributed by atoms with E-state index in [-0.39, 0.29) is 5.69 Å². The van der Waals surface area contributed by atoms with Crippen LogP contribution in [0.1, 0.15) is 49.6 Å². The van der Waals surface area contributed by atoms with Gasteiger partial charge in [-0.3, -0.25) is 4.90 Å². The highest BCUT2D eigenvalue weighted by atomic mass is 35.5. The van der Waals surface area contributed by atoms with Gasteiger partial charge < -0.3 is 14.0 Å². The summed E-state index contributed by atoms with van der Waals surface area (Å²) in [6, 6.07) is 8.88. The molecular weight excluding hydrogens is 432 g/mol. The van der Waals surface area contributed by atoms with Crippen molar-refractivity contribution in [1.82, 2.24) is 14.5 Å². The molecule has 0 radical (unpaired) electrons. The lowest BCUT2D eigenvalue weighted by Crippen LogP contribution is -2.36. The average molecular weight is 459 g/mol. The number of aromatic nitrogens is 3. The first-order chi connectivity index (χ1) is 15.0. The van der Waals surface area contributed by atoms with Crippen LogP contribution in [-0.4, -0.2) is 45.9 Å². The third-order valence-electron chi connectivity index (χ3n) is 4.81. The molecule has 0 N–H and O–H groups in total. The van der Waals surface area contributed by atoms with Gasteiger partial charge in [0, 0.05) is 17.3 Å². The van der Waals surface area contributed by atoms with Gasteiger partial charge >= 0.3 is 12.1 Å². The number of carbonyl (C=O) groups is 2. The van der Waals surface area contributed by atoms with Crippen molar-refractivity contribution in [3.8, 4) is 0 Å². The van der Waals surface area contributed by atoms with Gasteiger partial charge in [0.05, 0.1) is 19.2 Å². The molecule has 0 aliphatic rings. The van der Waals surface area contributed by atoms with E-state index in [0.29, 0.717) is 29.4 Å². The van der Waals surface area contributed by atoms with E-state index in [1.54, 1.807) is 18.2 Å². The van der Waals surface area contributed by atoms with Gasteiger partial charge in [-0.25, -0.2) is 19.6 Å². The molecule has 0 saturated carbocycles. The van der Waals surface area contributed by atoms with E-state index in [1.807, 2.05) is 51.3 Å². The Morgan fingerprint density at radius 2 is 1.88 bits per heavy atom. The Kier molecular flexibility index (Phi) is 6.74. The number of esters is 1. The number of hydrogen-bond donors (Lipinski definition) is 0. The maximum absolute atomic E-state index is 12.5. The van der Waals surface area contributed by atoms with Crippen LogP contribution in [0.2, 0.25) is 5.02 Å². The molecule has 3 rings (SSSR count). The number of rotatable bonds is 5. The minimum absolute atomic E-state index is 0.203. The molecule has 0 unspecified atom stereocenters. The first kappa shape index (κ1) is 23.5. The van der Waals surface area contributed by atoms with Crippen molar-refractivity contribution in [1.29, 1.82) is 0 Å². The van der Waals surface area contributed by atoms with E-state index in [0.717, 1.165) is 16.9 Å². The van der Waals surface area contributed by atoms with Gasteiger partial charge in [-0.2, -0.15) is 0 Å². The summed E-state index contributed by atoms with van der Waals surface area (Å²) in [6.07, 6.45) is -0.423. The summed E-state index contributed by atoms with van der Waals surface area (Å²) in [5, 5.41) is 0.518. The van der Waals surface area contributed by atoms with E-state index >= 15 is 0 Å². The minimum Gasteiger partial charge on any atom is -0.464 e. The Labute approximate surface area is 192 Å². The fourth-order valence-electron chi connectivity index (χ4n) is 3.28. The highest BCUT2D eigenvalue weighted by molar-refractivity contribution is 6.31. The number of nitrogens with zero attached hydrogens (tertiary/aromatic N) is 4. The molecule has 32 heavy (non-hydrogen) atoms. The molecule has 0 bridgehead atoms. The molecule has 0 fully saturated rings. The van der Waals surface area contributed by atoms with Gasteiger partial charge in [0.1, 0.15) is 11.4 Å². The van der Waals surface area contributed by atoms with Crippen LogP contribution in [0.4, 0.5) is 10.5 Å². The second-order valence-corrected chi connectivity index (χ2v) is 8.68. The quantitative estimate of drug-likeness (QED) is 0.500. The molecular formula is C23H27ClN4O4. The third kappa shape index (κ3) is 5.02. The van der Waals surface area contributed by atoms with Gasteiger partial charge in [-0.05, 0) is 64.4 Å². The van der Waals surface area contributed by atoms with Crippen molar-refractivity contribution >= 4 is 40.5 Å². The number of fused-ring (bicyclic) bond motifs is 1. The van der Waals surface area contributed by atoms with Crippen molar-refractivity contribution < 1.29 is 19.1 Å². The monoisotopic (exact) mass is 458 g/mol. The van der Waals surface area contributed by atoms with E-state index in [9.17, 15) is 9.59 Å².